The first-order valence-electron chi connectivity index (χ1n) is 21.9. The fourth-order valence-electron chi connectivity index (χ4n) is 7.02. The van der Waals surface area contributed by atoms with E-state index in [1.165, 1.54) is 103 Å². The Kier molecular flexibility index (Phi) is 36.5. The lowest BCUT2D eigenvalue weighted by atomic mass is 9.89. The molecule has 0 aliphatic rings. The molecule has 0 radical (unpaired) electrons. The molecular weight excluding hydrogens is 622 g/mol. The summed E-state index contributed by atoms with van der Waals surface area (Å²) in [6.07, 6.45) is 33.8. The molecule has 0 heterocycles. The van der Waals surface area contributed by atoms with E-state index in [4.69, 9.17) is 4.74 Å². The summed E-state index contributed by atoms with van der Waals surface area (Å²) in [5.74, 6) is 0.977. The zero-order chi connectivity index (χ0) is 36.9. The first-order valence-corrected chi connectivity index (χ1v) is 21.9. The van der Waals surface area contributed by atoms with Crippen molar-refractivity contribution in [1.29, 1.82) is 0 Å². The maximum Gasteiger partial charge on any atom is 0.308 e. The number of Topliss-reactive ketones (excluding diaryl/α,β-unsaturated/α-hetero) is 2. The summed E-state index contributed by atoms with van der Waals surface area (Å²) >= 11 is 0. The lowest BCUT2D eigenvalue weighted by molar-refractivity contribution is -0.148. The first kappa shape index (κ1) is 48.7. The van der Waals surface area contributed by atoms with Crippen LogP contribution in [0.25, 0.3) is 0 Å². The lowest BCUT2D eigenvalue weighted by Crippen LogP contribution is -2.29. The SMILES string of the molecule is CCCCCCCCC(CCCCCCCC)CC(=O)CCCCCCCN(CCO)CCCCCCCC(=O)CCC(C)C(=O)OCCC. The van der Waals surface area contributed by atoms with Crippen LogP contribution in [0.3, 0.4) is 0 Å². The van der Waals surface area contributed by atoms with Gasteiger partial charge in [0.1, 0.15) is 11.6 Å². The topological polar surface area (TPSA) is 83.9 Å². The number of ketones is 2. The van der Waals surface area contributed by atoms with Gasteiger partial charge in [-0.25, -0.2) is 0 Å². The van der Waals surface area contributed by atoms with Crippen molar-refractivity contribution in [3.05, 3.63) is 0 Å². The van der Waals surface area contributed by atoms with Crippen LogP contribution >= 0.6 is 0 Å². The molecule has 0 amide bonds. The number of aliphatic hydroxyl groups excluding tert-OH is 1. The summed E-state index contributed by atoms with van der Waals surface area (Å²) in [7, 11) is 0. The van der Waals surface area contributed by atoms with Gasteiger partial charge in [0, 0.05) is 32.2 Å². The van der Waals surface area contributed by atoms with Crippen molar-refractivity contribution in [3.63, 3.8) is 0 Å². The van der Waals surface area contributed by atoms with Crippen molar-refractivity contribution in [2.75, 3.05) is 32.8 Å². The van der Waals surface area contributed by atoms with Gasteiger partial charge in [-0.05, 0) is 57.5 Å². The van der Waals surface area contributed by atoms with Crippen LogP contribution < -0.4 is 0 Å². The monoisotopic (exact) mass is 708 g/mol. The number of carbonyl (C=O) groups excluding carboxylic acids is 3. The number of hydrogen-bond acceptors (Lipinski definition) is 6. The van der Waals surface area contributed by atoms with Crippen LogP contribution in [0.15, 0.2) is 0 Å². The summed E-state index contributed by atoms with van der Waals surface area (Å²) in [5.41, 5.74) is 0. The number of esters is 1. The van der Waals surface area contributed by atoms with Gasteiger partial charge in [-0.3, -0.25) is 14.4 Å². The van der Waals surface area contributed by atoms with Gasteiger partial charge >= 0.3 is 5.97 Å². The van der Waals surface area contributed by atoms with Crippen LogP contribution in [0.2, 0.25) is 0 Å². The van der Waals surface area contributed by atoms with E-state index >= 15 is 0 Å². The van der Waals surface area contributed by atoms with E-state index in [1.807, 2.05) is 13.8 Å². The molecule has 0 saturated carbocycles. The number of rotatable bonds is 40. The molecule has 0 bridgehead atoms. The van der Waals surface area contributed by atoms with Crippen LogP contribution in [0.5, 0.6) is 0 Å². The number of hydrogen-bond donors (Lipinski definition) is 1. The number of ether oxygens (including phenoxy) is 1. The van der Waals surface area contributed by atoms with Crippen molar-refractivity contribution < 1.29 is 24.2 Å². The fraction of sp³-hybridized carbons (Fsp3) is 0.932. The van der Waals surface area contributed by atoms with Crippen molar-refractivity contribution in [2.24, 2.45) is 11.8 Å². The van der Waals surface area contributed by atoms with E-state index in [2.05, 4.69) is 18.7 Å². The minimum atomic E-state index is -0.204. The van der Waals surface area contributed by atoms with Gasteiger partial charge in [0.05, 0.1) is 19.1 Å². The third-order valence-corrected chi connectivity index (χ3v) is 10.4. The third-order valence-electron chi connectivity index (χ3n) is 10.4. The van der Waals surface area contributed by atoms with E-state index in [0.29, 0.717) is 37.6 Å². The molecule has 0 rings (SSSR count). The predicted molar refractivity (Wildman–Crippen MR) is 213 cm³/mol. The van der Waals surface area contributed by atoms with Crippen LogP contribution in [-0.2, 0) is 19.1 Å². The zero-order valence-corrected chi connectivity index (χ0v) is 33.9. The first-order chi connectivity index (χ1) is 24.4. The number of nitrogens with zero attached hydrogens (tertiary/aromatic N) is 1. The van der Waals surface area contributed by atoms with Crippen molar-refractivity contribution in [2.45, 2.75) is 220 Å². The highest BCUT2D eigenvalue weighted by Gasteiger charge is 2.16. The molecule has 6 nitrogen and oxygen atoms in total. The molecule has 0 aliphatic carbocycles. The Hall–Kier alpha value is -1.27. The van der Waals surface area contributed by atoms with E-state index in [1.54, 1.807) is 0 Å². The Labute approximate surface area is 311 Å². The molecule has 296 valence electrons. The summed E-state index contributed by atoms with van der Waals surface area (Å²) < 4.78 is 5.17. The minimum absolute atomic E-state index is 0.186. The van der Waals surface area contributed by atoms with E-state index in [0.717, 1.165) is 90.3 Å². The quantitative estimate of drug-likeness (QED) is 0.0504. The van der Waals surface area contributed by atoms with Crippen LogP contribution in [0.4, 0.5) is 0 Å². The summed E-state index contributed by atoms with van der Waals surface area (Å²) in [6.45, 7) is 11.8. The Morgan fingerprint density at radius 3 is 1.48 bits per heavy atom. The Morgan fingerprint density at radius 1 is 0.520 bits per heavy atom. The summed E-state index contributed by atoms with van der Waals surface area (Å²) in [4.78, 5) is 39.4. The van der Waals surface area contributed by atoms with Gasteiger partial charge in [0.25, 0.3) is 0 Å². The van der Waals surface area contributed by atoms with Crippen LogP contribution in [-0.4, -0.2) is 60.4 Å². The van der Waals surface area contributed by atoms with Gasteiger partial charge in [0.2, 0.25) is 0 Å². The molecule has 50 heavy (non-hydrogen) atoms. The summed E-state index contributed by atoms with van der Waals surface area (Å²) in [5, 5.41) is 9.55. The maximum absolute atomic E-state index is 12.9. The van der Waals surface area contributed by atoms with Crippen LogP contribution in [0, 0.1) is 11.8 Å². The highest BCUT2D eigenvalue weighted by atomic mass is 16.5. The van der Waals surface area contributed by atoms with Gasteiger partial charge in [-0.15, -0.1) is 0 Å². The second-order valence-electron chi connectivity index (χ2n) is 15.5. The maximum atomic E-state index is 12.9. The van der Waals surface area contributed by atoms with Gasteiger partial charge in [0.15, 0.2) is 0 Å². The zero-order valence-electron chi connectivity index (χ0n) is 33.9. The molecule has 1 unspecified atom stereocenters. The Morgan fingerprint density at radius 2 is 0.980 bits per heavy atom. The molecule has 0 saturated heterocycles. The van der Waals surface area contributed by atoms with Gasteiger partial charge < -0.3 is 14.7 Å². The molecule has 0 aromatic carbocycles. The van der Waals surface area contributed by atoms with Gasteiger partial charge in [-0.2, -0.15) is 0 Å². The van der Waals surface area contributed by atoms with Gasteiger partial charge in [-0.1, -0.05) is 156 Å². The molecule has 1 atom stereocenters. The van der Waals surface area contributed by atoms with Crippen molar-refractivity contribution in [3.8, 4) is 0 Å². The molecule has 6 heteroatoms. The fourth-order valence-corrected chi connectivity index (χ4v) is 7.02. The lowest BCUT2D eigenvalue weighted by Gasteiger charge is -2.21. The normalized spacial score (nSPS) is 12.2. The smallest absolute Gasteiger partial charge is 0.308 e. The molecule has 0 aromatic heterocycles. The highest BCUT2D eigenvalue weighted by Crippen LogP contribution is 2.24. The molecular formula is C44H85NO5. The second-order valence-corrected chi connectivity index (χ2v) is 15.5. The average Bonchev–Trinajstić information content (AvgIpc) is 3.11. The average molecular weight is 708 g/mol. The largest absolute Gasteiger partial charge is 0.465 e. The third kappa shape index (κ3) is 32.6. The number of aliphatic hydroxyl groups is 1. The molecule has 0 aromatic rings. The van der Waals surface area contributed by atoms with E-state index in [9.17, 15) is 19.5 Å². The Bertz CT molecular complexity index is 756. The predicted octanol–water partition coefficient (Wildman–Crippen LogP) is 12.0. The van der Waals surface area contributed by atoms with E-state index < -0.39 is 0 Å². The second kappa shape index (κ2) is 37.5. The standard InChI is InChI=1S/C44H85NO5/c1-5-8-10-12-16-22-28-41(29-23-17-13-11-9-6-2)39-43(48)31-25-19-15-21-27-35-45(36-37-46)34-26-20-14-18-24-30-42(47)33-32-40(4)44(49)50-38-7-3/h40-41,46H,5-39H2,1-4H3. The number of carbonyl (C=O) groups is 3. The molecule has 0 spiro atoms. The minimum Gasteiger partial charge on any atom is -0.465 e. The van der Waals surface area contributed by atoms with Crippen molar-refractivity contribution >= 4 is 17.5 Å². The van der Waals surface area contributed by atoms with Crippen LogP contribution in [0.1, 0.15) is 220 Å². The molecule has 1 N–H and O–H groups in total. The molecule has 0 fully saturated rings. The summed E-state index contributed by atoms with van der Waals surface area (Å²) in [6, 6.07) is 0. The number of unbranched alkanes of at least 4 members (excludes halogenated alkanes) is 18. The van der Waals surface area contributed by atoms with E-state index in [-0.39, 0.29) is 24.3 Å². The van der Waals surface area contributed by atoms with Crippen molar-refractivity contribution in [1.82, 2.24) is 4.90 Å². The Balaban J connectivity index is 4.04. The molecule has 0 aliphatic heterocycles. The highest BCUT2D eigenvalue weighted by molar-refractivity contribution is 5.79.